The molecule has 0 amide bonds. The highest BCUT2D eigenvalue weighted by molar-refractivity contribution is 7.83. The summed E-state index contributed by atoms with van der Waals surface area (Å²) in [5.41, 5.74) is 0. The lowest BCUT2D eigenvalue weighted by Crippen LogP contribution is -1.88. The van der Waals surface area contributed by atoms with Crippen molar-refractivity contribution in [1.29, 1.82) is 0 Å². The fourth-order valence-electron chi connectivity index (χ4n) is 0.124. The van der Waals surface area contributed by atoms with Crippen LogP contribution in [0.15, 0.2) is 11.7 Å². The molecule has 0 unspecified atom stereocenters. The van der Waals surface area contributed by atoms with Crippen LogP contribution in [0, 0.1) is 0 Å². The molecule has 0 saturated carbocycles. The third-order valence-electron chi connectivity index (χ3n) is 0.290. The van der Waals surface area contributed by atoms with Gasteiger partial charge in [-0.15, -0.1) is 0 Å². The largest absolute Gasteiger partial charge is 0.434 e. The average Bonchev–Trinajstić information content (AvgIpc) is 1.61. The highest BCUT2D eigenvalue weighted by Gasteiger charge is 1.80. The van der Waals surface area contributed by atoms with Gasteiger partial charge in [-0.3, -0.25) is 4.79 Å². The summed E-state index contributed by atoms with van der Waals surface area (Å²) in [6.45, 7) is 1.31. The summed E-state index contributed by atoms with van der Waals surface area (Å²) in [4.78, 5) is 9.88. The average molecular weight is 117 g/mol. The summed E-state index contributed by atoms with van der Waals surface area (Å²) < 4.78 is 4.27. The zero-order valence-corrected chi connectivity index (χ0v) is 4.70. The van der Waals surface area contributed by atoms with Gasteiger partial charge in [-0.05, 0) is 0 Å². The number of rotatable bonds is 1. The first-order valence-corrected chi connectivity index (χ1v) is 2.18. The number of esters is 1. The minimum atomic E-state index is -0.346. The van der Waals surface area contributed by atoms with Gasteiger partial charge in [-0.1, -0.05) is 12.6 Å². The molecule has 1 radical (unpaired) electrons. The summed E-state index contributed by atoms with van der Waals surface area (Å²) in [6, 6.07) is 0. The Morgan fingerprint density at radius 2 is 2.43 bits per heavy atom. The Morgan fingerprint density at radius 1 is 1.86 bits per heavy atom. The predicted octanol–water partition coefficient (Wildman–Crippen LogP) is 1.22. The second-order valence-corrected chi connectivity index (χ2v) is 1.15. The zero-order chi connectivity index (χ0) is 5.70. The normalized spacial score (nSPS) is 9.29. The Hall–Kier alpha value is -0.570. The molecule has 0 fully saturated rings. The van der Waals surface area contributed by atoms with Crippen LogP contribution in [0.3, 0.4) is 0 Å². The van der Waals surface area contributed by atoms with Gasteiger partial charge in [0.15, 0.2) is 0 Å². The lowest BCUT2D eigenvalue weighted by atomic mass is 10.8. The molecule has 0 aromatic heterocycles. The summed E-state index contributed by atoms with van der Waals surface area (Å²) in [6.07, 6.45) is 1.16. The monoisotopic (exact) mass is 117 g/mol. The molecule has 0 aromatic carbocycles. The molecule has 0 saturated heterocycles. The number of hydrogen-bond donors (Lipinski definition) is 0. The maximum atomic E-state index is 9.88. The zero-order valence-electron chi connectivity index (χ0n) is 3.88. The van der Waals surface area contributed by atoms with Crippen LogP contribution in [0.4, 0.5) is 0 Å². The van der Waals surface area contributed by atoms with Crippen molar-refractivity contribution in [3.8, 4) is 0 Å². The van der Waals surface area contributed by atoms with Gasteiger partial charge in [0.25, 0.3) is 0 Å². The third kappa shape index (κ3) is 5.43. The topological polar surface area (TPSA) is 26.3 Å². The van der Waals surface area contributed by atoms with Crippen LogP contribution >= 0.6 is 12.6 Å². The smallest absolute Gasteiger partial charge is 0.307 e. The van der Waals surface area contributed by atoms with Gasteiger partial charge in [0, 0.05) is 12.3 Å². The SMILES string of the molecule is CC(=O)OC=C[S]. The Balaban J connectivity index is 3.14. The van der Waals surface area contributed by atoms with E-state index in [2.05, 4.69) is 17.4 Å². The van der Waals surface area contributed by atoms with Crippen LogP contribution in [-0.2, 0) is 9.53 Å². The summed E-state index contributed by atoms with van der Waals surface area (Å²) in [7, 11) is 0. The minimum absolute atomic E-state index is 0.346. The molecule has 7 heavy (non-hydrogen) atoms. The summed E-state index contributed by atoms with van der Waals surface area (Å²) in [5.74, 6) is -0.346. The van der Waals surface area contributed by atoms with Crippen molar-refractivity contribution in [1.82, 2.24) is 0 Å². The molecule has 0 N–H and O–H groups in total. The van der Waals surface area contributed by atoms with Gasteiger partial charge in [-0.2, -0.15) is 0 Å². The van der Waals surface area contributed by atoms with Crippen molar-refractivity contribution in [2.75, 3.05) is 0 Å². The summed E-state index contributed by atoms with van der Waals surface area (Å²) >= 11 is 4.31. The second kappa shape index (κ2) is 3.61. The van der Waals surface area contributed by atoms with E-state index >= 15 is 0 Å². The highest BCUT2D eigenvalue weighted by Crippen LogP contribution is 1.79. The van der Waals surface area contributed by atoms with Gasteiger partial charge in [0.1, 0.15) is 6.26 Å². The van der Waals surface area contributed by atoms with Crippen molar-refractivity contribution >= 4 is 18.6 Å². The Kier molecular flexibility index (Phi) is 3.32. The number of carbonyl (C=O) groups is 1. The molecule has 3 heteroatoms. The fourth-order valence-corrected chi connectivity index (χ4v) is 0.179. The van der Waals surface area contributed by atoms with Crippen molar-refractivity contribution in [3.05, 3.63) is 11.7 Å². The maximum Gasteiger partial charge on any atom is 0.307 e. The van der Waals surface area contributed by atoms with E-state index in [9.17, 15) is 4.79 Å². The van der Waals surface area contributed by atoms with E-state index in [1.54, 1.807) is 0 Å². The molecule has 0 aliphatic carbocycles. The molecular weight excluding hydrogens is 112 g/mol. The van der Waals surface area contributed by atoms with E-state index in [1.165, 1.54) is 12.3 Å². The van der Waals surface area contributed by atoms with Gasteiger partial charge >= 0.3 is 5.97 Å². The first-order chi connectivity index (χ1) is 3.27. The van der Waals surface area contributed by atoms with E-state index in [-0.39, 0.29) is 5.97 Å². The lowest BCUT2D eigenvalue weighted by Gasteiger charge is -1.84. The van der Waals surface area contributed by atoms with Gasteiger partial charge in [0.2, 0.25) is 0 Å². The second-order valence-electron chi connectivity index (χ2n) is 0.882. The van der Waals surface area contributed by atoms with Crippen molar-refractivity contribution in [3.63, 3.8) is 0 Å². The van der Waals surface area contributed by atoms with Crippen molar-refractivity contribution < 1.29 is 9.53 Å². The van der Waals surface area contributed by atoms with Crippen molar-refractivity contribution in [2.45, 2.75) is 6.92 Å². The molecule has 0 atom stereocenters. The van der Waals surface area contributed by atoms with Gasteiger partial charge in [-0.25, -0.2) is 0 Å². The molecule has 0 aliphatic rings. The standard InChI is InChI=1S/C4H5O2S/c1-4(5)6-2-3-7/h2-3H,1H3. The van der Waals surface area contributed by atoms with Crippen LogP contribution in [0.2, 0.25) is 0 Å². The third-order valence-corrected chi connectivity index (χ3v) is 0.401. The molecule has 0 spiro atoms. The van der Waals surface area contributed by atoms with Crippen LogP contribution in [0.5, 0.6) is 0 Å². The van der Waals surface area contributed by atoms with Crippen LogP contribution in [-0.4, -0.2) is 5.97 Å². The lowest BCUT2D eigenvalue weighted by molar-refractivity contribution is -0.135. The number of hydrogen-bond acceptors (Lipinski definition) is 2. The molecular formula is C4H5O2S. The first-order valence-electron chi connectivity index (χ1n) is 1.71. The quantitative estimate of drug-likeness (QED) is 0.381. The molecule has 0 rings (SSSR count). The number of ether oxygens (including phenoxy) is 1. The predicted molar refractivity (Wildman–Crippen MR) is 28.5 cm³/mol. The Labute approximate surface area is 47.6 Å². The van der Waals surface area contributed by atoms with E-state index in [0.29, 0.717) is 0 Å². The molecule has 0 heterocycles. The van der Waals surface area contributed by atoms with Crippen LogP contribution in [0.25, 0.3) is 0 Å². The van der Waals surface area contributed by atoms with E-state index in [4.69, 9.17) is 0 Å². The number of carbonyl (C=O) groups excluding carboxylic acids is 1. The molecule has 0 bridgehead atoms. The minimum Gasteiger partial charge on any atom is -0.434 e. The first kappa shape index (κ1) is 6.43. The van der Waals surface area contributed by atoms with Crippen LogP contribution < -0.4 is 0 Å². The molecule has 0 aliphatic heterocycles. The van der Waals surface area contributed by atoms with E-state index in [0.717, 1.165) is 6.26 Å². The highest BCUT2D eigenvalue weighted by atomic mass is 32.1. The molecule has 2 nitrogen and oxygen atoms in total. The fraction of sp³-hybridized carbons (Fsp3) is 0.250. The maximum absolute atomic E-state index is 9.88. The van der Waals surface area contributed by atoms with Gasteiger partial charge in [0.05, 0.1) is 0 Å². The van der Waals surface area contributed by atoms with E-state index < -0.39 is 0 Å². The Morgan fingerprint density at radius 3 is 2.57 bits per heavy atom. The van der Waals surface area contributed by atoms with E-state index in [1.807, 2.05) is 0 Å². The van der Waals surface area contributed by atoms with Crippen LogP contribution in [0.1, 0.15) is 6.92 Å². The molecule has 39 valence electrons. The molecule has 0 aromatic rings. The Bertz CT molecular complexity index is 87.7. The van der Waals surface area contributed by atoms with Gasteiger partial charge < -0.3 is 4.74 Å². The van der Waals surface area contributed by atoms with Crippen molar-refractivity contribution in [2.24, 2.45) is 0 Å². The summed E-state index contributed by atoms with van der Waals surface area (Å²) in [5, 5.41) is 1.24.